The normalized spacial score (nSPS) is 9.38. The summed E-state index contributed by atoms with van der Waals surface area (Å²) in [7, 11) is 1.50. The van der Waals surface area contributed by atoms with Crippen molar-refractivity contribution in [3.63, 3.8) is 0 Å². The third kappa shape index (κ3) is 2.10. The first-order valence-corrected chi connectivity index (χ1v) is 4.07. The third-order valence-corrected chi connectivity index (χ3v) is 1.85. The molecule has 0 heterocycles. The van der Waals surface area contributed by atoms with E-state index in [0.717, 1.165) is 0 Å². The molecule has 3 heteroatoms. The molecule has 0 atom stereocenters. The zero-order valence-corrected chi connectivity index (χ0v) is 7.97. The van der Waals surface area contributed by atoms with E-state index < -0.39 is 0 Å². The lowest BCUT2D eigenvalue weighted by atomic mass is 10.1. The number of allylic oxidation sites excluding steroid dienone is 1. The second kappa shape index (κ2) is 4.10. The Morgan fingerprint density at radius 2 is 2.31 bits per heavy atom. The maximum absolute atomic E-state index is 11.3. The summed E-state index contributed by atoms with van der Waals surface area (Å²) in [6.07, 6.45) is 1.23. The number of carbonyl (C=O) groups is 1. The predicted octanol–water partition coefficient (Wildman–Crippen LogP) is 2.72. The molecule has 0 saturated heterocycles. The molecule has 13 heavy (non-hydrogen) atoms. The van der Waals surface area contributed by atoms with Crippen LogP contribution in [-0.2, 0) is 0 Å². The lowest BCUT2D eigenvalue weighted by Gasteiger charge is -2.05. The van der Waals surface area contributed by atoms with Crippen molar-refractivity contribution in [3.05, 3.63) is 41.4 Å². The molecular formula is C10H9ClO2. The Balaban J connectivity index is 3.23. The molecule has 1 aromatic carbocycles. The minimum atomic E-state index is -0.195. The Hall–Kier alpha value is -1.28. The molecule has 0 aromatic heterocycles. The fourth-order valence-electron chi connectivity index (χ4n) is 0.983. The van der Waals surface area contributed by atoms with Crippen LogP contribution in [0.1, 0.15) is 10.4 Å². The summed E-state index contributed by atoms with van der Waals surface area (Å²) in [4.78, 5) is 11.3. The Morgan fingerprint density at radius 1 is 1.62 bits per heavy atom. The quantitative estimate of drug-likeness (QED) is 0.549. The molecule has 1 rings (SSSR count). The number of carbonyl (C=O) groups excluding carboxylic acids is 1. The van der Waals surface area contributed by atoms with Crippen LogP contribution in [0.15, 0.2) is 30.9 Å². The Morgan fingerprint density at radius 3 is 2.85 bits per heavy atom. The van der Waals surface area contributed by atoms with Gasteiger partial charge in [-0.3, -0.25) is 4.79 Å². The molecule has 0 spiro atoms. The minimum Gasteiger partial charge on any atom is -0.496 e. The van der Waals surface area contributed by atoms with Gasteiger partial charge in [0.05, 0.1) is 12.7 Å². The second-order valence-electron chi connectivity index (χ2n) is 2.41. The fraction of sp³-hybridized carbons (Fsp3) is 0.100. The van der Waals surface area contributed by atoms with Gasteiger partial charge in [-0.05, 0) is 24.3 Å². The van der Waals surface area contributed by atoms with Gasteiger partial charge >= 0.3 is 0 Å². The van der Waals surface area contributed by atoms with Crippen LogP contribution >= 0.6 is 11.6 Å². The molecule has 1 aromatic rings. The topological polar surface area (TPSA) is 26.3 Å². The second-order valence-corrected chi connectivity index (χ2v) is 2.85. The third-order valence-electron chi connectivity index (χ3n) is 1.61. The van der Waals surface area contributed by atoms with Gasteiger partial charge in [-0.25, -0.2) is 0 Å². The zero-order valence-electron chi connectivity index (χ0n) is 7.21. The highest BCUT2D eigenvalue weighted by atomic mass is 35.5. The molecule has 0 N–H and O–H groups in total. The SMILES string of the molecule is C=CC(=O)c1cc(Cl)ccc1OC. The lowest BCUT2D eigenvalue weighted by molar-refractivity contribution is 0.104. The van der Waals surface area contributed by atoms with Crippen molar-refractivity contribution >= 4 is 17.4 Å². The highest BCUT2D eigenvalue weighted by Crippen LogP contribution is 2.23. The molecule has 0 aliphatic carbocycles. The van der Waals surface area contributed by atoms with Crippen molar-refractivity contribution in [3.8, 4) is 5.75 Å². The summed E-state index contributed by atoms with van der Waals surface area (Å²) in [5.74, 6) is 0.314. The summed E-state index contributed by atoms with van der Waals surface area (Å²) < 4.78 is 5.00. The van der Waals surface area contributed by atoms with Crippen molar-refractivity contribution in [2.24, 2.45) is 0 Å². The van der Waals surface area contributed by atoms with E-state index in [4.69, 9.17) is 16.3 Å². The van der Waals surface area contributed by atoms with E-state index in [9.17, 15) is 4.79 Å². The van der Waals surface area contributed by atoms with Crippen LogP contribution in [0.5, 0.6) is 5.75 Å². The van der Waals surface area contributed by atoms with Crippen LogP contribution in [0.3, 0.4) is 0 Å². The van der Waals surface area contributed by atoms with E-state index in [2.05, 4.69) is 6.58 Å². The van der Waals surface area contributed by atoms with E-state index in [-0.39, 0.29) is 5.78 Å². The number of halogens is 1. The van der Waals surface area contributed by atoms with E-state index in [1.165, 1.54) is 13.2 Å². The summed E-state index contributed by atoms with van der Waals surface area (Å²) in [5.41, 5.74) is 0.435. The standard InChI is InChI=1S/C10H9ClO2/c1-3-9(12)8-6-7(11)4-5-10(8)13-2/h3-6H,1H2,2H3. The largest absolute Gasteiger partial charge is 0.496 e. The lowest BCUT2D eigenvalue weighted by Crippen LogP contribution is -1.98. The van der Waals surface area contributed by atoms with Crippen LogP contribution in [0.4, 0.5) is 0 Å². The zero-order chi connectivity index (χ0) is 9.84. The Bertz CT molecular complexity index is 345. The van der Waals surface area contributed by atoms with Gasteiger partial charge in [0.1, 0.15) is 5.75 Å². The molecule has 0 amide bonds. The van der Waals surface area contributed by atoms with Gasteiger partial charge in [0.25, 0.3) is 0 Å². The number of benzene rings is 1. The number of ketones is 1. The summed E-state index contributed by atoms with van der Waals surface area (Å²) >= 11 is 5.73. The van der Waals surface area contributed by atoms with E-state index >= 15 is 0 Å². The molecule has 0 bridgehead atoms. The van der Waals surface area contributed by atoms with Gasteiger partial charge in [0, 0.05) is 5.02 Å². The number of methoxy groups -OCH3 is 1. The first-order valence-electron chi connectivity index (χ1n) is 3.69. The Kier molecular flexibility index (Phi) is 3.09. The van der Waals surface area contributed by atoms with Crippen molar-refractivity contribution in [1.29, 1.82) is 0 Å². The molecule has 0 saturated carbocycles. The van der Waals surface area contributed by atoms with Gasteiger partial charge in [-0.2, -0.15) is 0 Å². The van der Waals surface area contributed by atoms with Crippen molar-refractivity contribution in [2.45, 2.75) is 0 Å². The molecule has 2 nitrogen and oxygen atoms in total. The molecular weight excluding hydrogens is 188 g/mol. The van der Waals surface area contributed by atoms with Gasteiger partial charge in [0.15, 0.2) is 5.78 Å². The van der Waals surface area contributed by atoms with Gasteiger partial charge in [-0.15, -0.1) is 0 Å². The first kappa shape index (κ1) is 9.81. The van der Waals surface area contributed by atoms with Crippen LogP contribution in [0.25, 0.3) is 0 Å². The smallest absolute Gasteiger partial charge is 0.189 e. The number of hydrogen-bond donors (Lipinski definition) is 0. The molecule has 0 fully saturated rings. The number of ether oxygens (including phenoxy) is 1. The molecule has 0 unspecified atom stereocenters. The average molecular weight is 197 g/mol. The number of rotatable bonds is 3. The fourth-order valence-corrected chi connectivity index (χ4v) is 1.15. The molecule has 0 radical (unpaired) electrons. The van der Waals surface area contributed by atoms with Crippen molar-refractivity contribution in [2.75, 3.05) is 7.11 Å². The van der Waals surface area contributed by atoms with Crippen LogP contribution in [0.2, 0.25) is 5.02 Å². The molecule has 0 aliphatic heterocycles. The maximum Gasteiger partial charge on any atom is 0.189 e. The average Bonchev–Trinajstić information content (AvgIpc) is 2.16. The summed E-state index contributed by atoms with van der Waals surface area (Å²) in [5, 5.41) is 0.506. The maximum atomic E-state index is 11.3. The van der Waals surface area contributed by atoms with E-state index in [0.29, 0.717) is 16.3 Å². The van der Waals surface area contributed by atoms with Crippen LogP contribution < -0.4 is 4.74 Å². The van der Waals surface area contributed by atoms with Crippen molar-refractivity contribution in [1.82, 2.24) is 0 Å². The highest BCUT2D eigenvalue weighted by Gasteiger charge is 2.08. The monoisotopic (exact) mass is 196 g/mol. The van der Waals surface area contributed by atoms with Crippen molar-refractivity contribution < 1.29 is 9.53 Å². The number of hydrogen-bond acceptors (Lipinski definition) is 2. The van der Waals surface area contributed by atoms with Gasteiger partial charge < -0.3 is 4.74 Å². The predicted molar refractivity (Wildman–Crippen MR) is 52.5 cm³/mol. The molecule has 0 aliphatic rings. The summed E-state index contributed by atoms with van der Waals surface area (Å²) in [6.45, 7) is 3.39. The Labute approximate surface area is 81.8 Å². The van der Waals surface area contributed by atoms with E-state index in [1.807, 2.05) is 0 Å². The van der Waals surface area contributed by atoms with E-state index in [1.54, 1.807) is 18.2 Å². The molecule has 68 valence electrons. The van der Waals surface area contributed by atoms with Gasteiger partial charge in [-0.1, -0.05) is 18.2 Å². The minimum absolute atomic E-state index is 0.195. The van der Waals surface area contributed by atoms with Crippen LogP contribution in [-0.4, -0.2) is 12.9 Å². The van der Waals surface area contributed by atoms with Crippen LogP contribution in [0, 0.1) is 0 Å². The first-order chi connectivity index (χ1) is 6.19. The van der Waals surface area contributed by atoms with Gasteiger partial charge in [0.2, 0.25) is 0 Å². The summed E-state index contributed by atoms with van der Waals surface area (Å²) in [6, 6.07) is 4.88. The highest BCUT2D eigenvalue weighted by molar-refractivity contribution is 6.31.